The Morgan fingerprint density at radius 2 is 1.81 bits per heavy atom. The van der Waals surface area contributed by atoms with Crippen molar-refractivity contribution in [1.82, 2.24) is 10.2 Å². The quantitative estimate of drug-likeness (QED) is 0.564. The summed E-state index contributed by atoms with van der Waals surface area (Å²) < 4.78 is 0. The Kier molecular flexibility index (Phi) is 11.9. The molecule has 0 saturated heterocycles. The third-order valence-electron chi connectivity index (χ3n) is 2.90. The summed E-state index contributed by atoms with van der Waals surface area (Å²) in [5, 5.41) is 3.57. The fourth-order valence-corrected chi connectivity index (χ4v) is 2.96. The second-order valence-corrected chi connectivity index (χ2v) is 5.29. The Balaban J connectivity index is 3.52. The Hall–Kier alpha value is 0.270. The number of nitrogens with zero attached hydrogens (tertiary/aromatic N) is 1. The van der Waals surface area contributed by atoms with Crippen LogP contribution in [0.25, 0.3) is 0 Å². The molecular formula is C13H30N2S. The van der Waals surface area contributed by atoms with Gasteiger partial charge in [-0.1, -0.05) is 34.1 Å². The molecule has 0 aromatic heterocycles. The largest absolute Gasteiger partial charge is 0.313 e. The molecule has 0 aliphatic heterocycles. The van der Waals surface area contributed by atoms with Crippen molar-refractivity contribution >= 4 is 11.8 Å². The van der Waals surface area contributed by atoms with Gasteiger partial charge in [-0.05, 0) is 26.1 Å². The van der Waals surface area contributed by atoms with Gasteiger partial charge in [0.25, 0.3) is 0 Å². The van der Waals surface area contributed by atoms with E-state index in [1.165, 1.54) is 44.0 Å². The van der Waals surface area contributed by atoms with Crippen molar-refractivity contribution in [3.8, 4) is 0 Å². The number of hydrogen-bond donors (Lipinski definition) is 1. The van der Waals surface area contributed by atoms with E-state index in [2.05, 4.69) is 49.7 Å². The Morgan fingerprint density at radius 1 is 1.12 bits per heavy atom. The van der Waals surface area contributed by atoms with Gasteiger partial charge in [0, 0.05) is 24.1 Å². The van der Waals surface area contributed by atoms with Crippen LogP contribution in [0, 0.1) is 0 Å². The van der Waals surface area contributed by atoms with Crippen molar-refractivity contribution in [1.29, 1.82) is 0 Å². The highest BCUT2D eigenvalue weighted by Gasteiger charge is 2.06. The molecule has 0 bridgehead atoms. The summed E-state index contributed by atoms with van der Waals surface area (Å²) in [5.41, 5.74) is 0. The highest BCUT2D eigenvalue weighted by atomic mass is 32.2. The minimum atomic E-state index is 0.719. The van der Waals surface area contributed by atoms with Crippen LogP contribution < -0.4 is 5.32 Å². The van der Waals surface area contributed by atoms with Gasteiger partial charge < -0.3 is 10.2 Å². The summed E-state index contributed by atoms with van der Waals surface area (Å²) in [6, 6.07) is 0.719. The molecule has 0 rings (SSSR count). The van der Waals surface area contributed by atoms with E-state index in [9.17, 15) is 0 Å². The predicted octanol–water partition coefficient (Wildman–Crippen LogP) is 2.84. The molecule has 3 heteroatoms. The van der Waals surface area contributed by atoms with Crippen LogP contribution in [0.1, 0.15) is 40.5 Å². The molecular weight excluding hydrogens is 216 g/mol. The molecule has 0 aliphatic rings. The van der Waals surface area contributed by atoms with Crippen molar-refractivity contribution in [2.45, 2.75) is 46.6 Å². The molecule has 0 amide bonds. The fourth-order valence-electron chi connectivity index (χ4n) is 1.84. The van der Waals surface area contributed by atoms with E-state index in [4.69, 9.17) is 0 Å². The average molecular weight is 246 g/mol. The smallest absolute Gasteiger partial charge is 0.0158 e. The number of thioether (sulfide) groups is 1. The van der Waals surface area contributed by atoms with Crippen LogP contribution in [-0.4, -0.2) is 48.6 Å². The third kappa shape index (κ3) is 8.43. The van der Waals surface area contributed by atoms with Crippen LogP contribution in [-0.2, 0) is 0 Å². The number of rotatable bonds is 11. The van der Waals surface area contributed by atoms with E-state index in [0.717, 1.165) is 12.6 Å². The van der Waals surface area contributed by atoms with E-state index >= 15 is 0 Å². The van der Waals surface area contributed by atoms with Crippen LogP contribution >= 0.6 is 11.8 Å². The molecule has 0 fully saturated rings. The first-order valence-corrected chi connectivity index (χ1v) is 7.97. The molecule has 0 aromatic carbocycles. The van der Waals surface area contributed by atoms with Gasteiger partial charge in [0.2, 0.25) is 0 Å². The van der Waals surface area contributed by atoms with E-state index < -0.39 is 0 Å². The van der Waals surface area contributed by atoms with Gasteiger partial charge in [0.1, 0.15) is 0 Å². The monoisotopic (exact) mass is 246 g/mol. The zero-order valence-corrected chi connectivity index (χ0v) is 12.4. The zero-order valence-electron chi connectivity index (χ0n) is 11.6. The lowest BCUT2D eigenvalue weighted by Crippen LogP contribution is -2.31. The van der Waals surface area contributed by atoms with Crippen molar-refractivity contribution in [2.24, 2.45) is 0 Å². The molecule has 0 spiro atoms. The molecule has 0 aromatic rings. The van der Waals surface area contributed by atoms with Crippen LogP contribution in [0.2, 0.25) is 0 Å². The fraction of sp³-hybridized carbons (Fsp3) is 1.00. The van der Waals surface area contributed by atoms with Crippen LogP contribution in [0.15, 0.2) is 0 Å². The normalized spacial score (nSPS) is 13.3. The molecule has 1 atom stereocenters. The summed E-state index contributed by atoms with van der Waals surface area (Å²) in [5.74, 6) is 2.54. The van der Waals surface area contributed by atoms with Crippen molar-refractivity contribution in [3.63, 3.8) is 0 Å². The van der Waals surface area contributed by atoms with Crippen LogP contribution in [0.4, 0.5) is 0 Å². The molecule has 16 heavy (non-hydrogen) atoms. The van der Waals surface area contributed by atoms with Crippen molar-refractivity contribution in [3.05, 3.63) is 0 Å². The molecule has 98 valence electrons. The van der Waals surface area contributed by atoms with Gasteiger partial charge in [0.05, 0.1) is 0 Å². The van der Waals surface area contributed by atoms with Crippen LogP contribution in [0.5, 0.6) is 0 Å². The lowest BCUT2D eigenvalue weighted by Gasteiger charge is -2.19. The summed E-state index contributed by atoms with van der Waals surface area (Å²) in [6.07, 6.45) is 2.60. The third-order valence-corrected chi connectivity index (χ3v) is 4.00. The molecule has 0 saturated carbocycles. The number of nitrogens with one attached hydrogen (secondary N) is 1. The number of hydrogen-bond acceptors (Lipinski definition) is 3. The first kappa shape index (κ1) is 16.3. The SMILES string of the molecule is CCCC(CSCCN(CC)CC)NCC. The Morgan fingerprint density at radius 3 is 2.31 bits per heavy atom. The van der Waals surface area contributed by atoms with Crippen molar-refractivity contribution < 1.29 is 0 Å². The van der Waals surface area contributed by atoms with Gasteiger partial charge in [0.15, 0.2) is 0 Å². The lowest BCUT2D eigenvalue weighted by molar-refractivity contribution is 0.324. The highest BCUT2D eigenvalue weighted by molar-refractivity contribution is 7.99. The van der Waals surface area contributed by atoms with E-state index in [0.29, 0.717) is 0 Å². The summed E-state index contributed by atoms with van der Waals surface area (Å²) in [4.78, 5) is 2.50. The first-order chi connectivity index (χ1) is 7.78. The van der Waals surface area contributed by atoms with Crippen LogP contribution in [0.3, 0.4) is 0 Å². The second kappa shape index (κ2) is 11.7. The maximum absolute atomic E-state index is 3.57. The van der Waals surface area contributed by atoms with Crippen molar-refractivity contribution in [2.75, 3.05) is 37.7 Å². The lowest BCUT2D eigenvalue weighted by atomic mass is 10.2. The first-order valence-electron chi connectivity index (χ1n) is 6.81. The molecule has 0 radical (unpaired) electrons. The second-order valence-electron chi connectivity index (χ2n) is 4.15. The van der Waals surface area contributed by atoms with Gasteiger partial charge in [-0.25, -0.2) is 0 Å². The topological polar surface area (TPSA) is 15.3 Å². The average Bonchev–Trinajstić information content (AvgIpc) is 2.30. The van der Waals surface area contributed by atoms with Gasteiger partial charge in [-0.15, -0.1) is 0 Å². The summed E-state index contributed by atoms with van der Waals surface area (Å²) >= 11 is 2.10. The predicted molar refractivity (Wildman–Crippen MR) is 77.5 cm³/mol. The highest BCUT2D eigenvalue weighted by Crippen LogP contribution is 2.08. The van der Waals surface area contributed by atoms with E-state index in [1.54, 1.807) is 0 Å². The molecule has 1 unspecified atom stereocenters. The standard InChI is InChI=1S/C13H30N2S/c1-5-9-13(14-6-2)12-16-11-10-15(7-3)8-4/h13-14H,5-12H2,1-4H3. The van der Waals surface area contributed by atoms with E-state index in [-0.39, 0.29) is 0 Å². The molecule has 1 N–H and O–H groups in total. The van der Waals surface area contributed by atoms with Gasteiger partial charge in [-0.3, -0.25) is 0 Å². The summed E-state index contributed by atoms with van der Waals surface area (Å²) in [6.45, 7) is 13.7. The Bertz CT molecular complexity index is 132. The van der Waals surface area contributed by atoms with E-state index in [1.807, 2.05) is 0 Å². The van der Waals surface area contributed by atoms with Gasteiger partial charge >= 0.3 is 0 Å². The minimum absolute atomic E-state index is 0.719. The molecule has 0 heterocycles. The Labute approximate surface area is 107 Å². The molecule has 0 aliphatic carbocycles. The van der Waals surface area contributed by atoms with Gasteiger partial charge in [-0.2, -0.15) is 11.8 Å². The maximum atomic E-state index is 3.57. The summed E-state index contributed by atoms with van der Waals surface area (Å²) in [7, 11) is 0. The molecule has 2 nitrogen and oxygen atoms in total. The minimum Gasteiger partial charge on any atom is -0.313 e. The maximum Gasteiger partial charge on any atom is 0.0158 e. The zero-order chi connectivity index (χ0) is 12.2.